The van der Waals surface area contributed by atoms with E-state index in [1.165, 1.54) is 4.31 Å². The van der Waals surface area contributed by atoms with E-state index in [1.54, 1.807) is 42.5 Å². The second kappa shape index (κ2) is 7.40. The minimum Gasteiger partial charge on any atom is -0.350 e. The first kappa shape index (κ1) is 18.9. The molecule has 0 aliphatic carbocycles. The topological polar surface area (TPSA) is 66.5 Å². The number of anilines is 1. The number of nitrogens with zero attached hydrogens (tertiary/aromatic N) is 1. The van der Waals surface area contributed by atoms with Crippen LogP contribution >= 0.6 is 15.9 Å². The number of fused-ring (bicyclic) bond motifs is 1. The van der Waals surface area contributed by atoms with Gasteiger partial charge in [-0.2, -0.15) is 0 Å². The molecule has 0 saturated heterocycles. The van der Waals surface area contributed by atoms with Crippen molar-refractivity contribution in [3.05, 3.63) is 58.1 Å². The highest BCUT2D eigenvalue weighted by molar-refractivity contribution is 9.10. The number of carbonyl (C=O) groups is 1. The SMILES string of the molecule is CC[C@H](C)NC(=O)c1ccc2c(c1)CCN2S(=O)(=O)c1ccc(Br)cc1. The van der Waals surface area contributed by atoms with Crippen LogP contribution in [-0.2, 0) is 16.4 Å². The molecular formula is C19H21BrN2O3S. The van der Waals surface area contributed by atoms with E-state index in [1.807, 2.05) is 13.8 Å². The van der Waals surface area contributed by atoms with E-state index >= 15 is 0 Å². The monoisotopic (exact) mass is 436 g/mol. The highest BCUT2D eigenvalue weighted by Crippen LogP contribution is 2.33. The van der Waals surface area contributed by atoms with Gasteiger partial charge in [0.2, 0.25) is 0 Å². The molecule has 26 heavy (non-hydrogen) atoms. The van der Waals surface area contributed by atoms with E-state index in [0.29, 0.717) is 24.2 Å². The summed E-state index contributed by atoms with van der Waals surface area (Å²) in [5.74, 6) is -0.128. The van der Waals surface area contributed by atoms with Gasteiger partial charge < -0.3 is 5.32 Å². The lowest BCUT2D eigenvalue weighted by atomic mass is 10.1. The van der Waals surface area contributed by atoms with Crippen LogP contribution in [0.4, 0.5) is 5.69 Å². The van der Waals surface area contributed by atoms with E-state index in [-0.39, 0.29) is 16.8 Å². The first-order chi connectivity index (χ1) is 12.3. The minimum absolute atomic E-state index is 0.102. The summed E-state index contributed by atoms with van der Waals surface area (Å²) >= 11 is 3.32. The molecule has 1 aliphatic heterocycles. The third-order valence-corrected chi connectivity index (χ3v) is 6.94. The quantitative estimate of drug-likeness (QED) is 0.776. The van der Waals surface area contributed by atoms with Crippen LogP contribution in [0.15, 0.2) is 51.8 Å². The summed E-state index contributed by atoms with van der Waals surface area (Å²) in [7, 11) is -3.61. The molecule has 0 bridgehead atoms. The summed E-state index contributed by atoms with van der Waals surface area (Å²) < 4.78 is 28.1. The number of hydrogen-bond donors (Lipinski definition) is 1. The van der Waals surface area contributed by atoms with Crippen molar-refractivity contribution in [2.45, 2.75) is 37.6 Å². The molecule has 0 radical (unpaired) electrons. The maximum absolute atomic E-state index is 12.9. The van der Waals surface area contributed by atoms with Crippen molar-refractivity contribution in [2.24, 2.45) is 0 Å². The summed E-state index contributed by atoms with van der Waals surface area (Å²) in [5.41, 5.74) is 2.09. The van der Waals surface area contributed by atoms with Gasteiger partial charge in [0.05, 0.1) is 10.6 Å². The standard InChI is InChI=1S/C19H21BrN2O3S/c1-3-13(2)21-19(23)15-4-9-18-14(12-15)10-11-22(18)26(24,25)17-7-5-16(20)6-8-17/h4-9,12-13H,3,10-11H2,1-2H3,(H,21,23)/t13-/m0/s1. The van der Waals surface area contributed by atoms with Gasteiger partial charge in [-0.15, -0.1) is 0 Å². The van der Waals surface area contributed by atoms with Crippen molar-refractivity contribution < 1.29 is 13.2 Å². The van der Waals surface area contributed by atoms with Crippen LogP contribution in [0, 0.1) is 0 Å². The highest BCUT2D eigenvalue weighted by Gasteiger charge is 2.31. The van der Waals surface area contributed by atoms with Crippen LogP contribution in [0.3, 0.4) is 0 Å². The van der Waals surface area contributed by atoms with Gasteiger partial charge in [0.15, 0.2) is 0 Å². The smallest absolute Gasteiger partial charge is 0.264 e. The Morgan fingerprint density at radius 2 is 1.92 bits per heavy atom. The van der Waals surface area contributed by atoms with E-state index in [4.69, 9.17) is 0 Å². The van der Waals surface area contributed by atoms with Crippen molar-refractivity contribution in [3.63, 3.8) is 0 Å². The molecule has 138 valence electrons. The Labute approximate surface area is 162 Å². The number of nitrogens with one attached hydrogen (secondary N) is 1. The Morgan fingerprint density at radius 3 is 2.58 bits per heavy atom. The second-order valence-corrected chi connectivity index (χ2v) is 9.19. The van der Waals surface area contributed by atoms with Gasteiger partial charge in [0.1, 0.15) is 0 Å². The molecule has 7 heteroatoms. The molecule has 5 nitrogen and oxygen atoms in total. The van der Waals surface area contributed by atoms with Gasteiger partial charge in [-0.25, -0.2) is 8.42 Å². The largest absolute Gasteiger partial charge is 0.350 e. The van der Waals surface area contributed by atoms with E-state index < -0.39 is 10.0 Å². The molecule has 1 atom stereocenters. The van der Waals surface area contributed by atoms with Crippen molar-refractivity contribution in [1.29, 1.82) is 0 Å². The summed E-state index contributed by atoms with van der Waals surface area (Å²) in [6, 6.07) is 11.9. The number of rotatable bonds is 5. The van der Waals surface area contributed by atoms with Crippen LogP contribution in [0.25, 0.3) is 0 Å². The van der Waals surface area contributed by atoms with Gasteiger partial charge in [-0.1, -0.05) is 22.9 Å². The molecule has 2 aromatic carbocycles. The molecule has 1 heterocycles. The van der Waals surface area contributed by atoms with Crippen molar-refractivity contribution >= 4 is 37.5 Å². The molecule has 1 aliphatic rings. The first-order valence-electron chi connectivity index (χ1n) is 8.55. The third-order valence-electron chi connectivity index (χ3n) is 4.59. The molecule has 0 unspecified atom stereocenters. The Kier molecular flexibility index (Phi) is 5.39. The molecule has 2 aromatic rings. The lowest BCUT2D eigenvalue weighted by molar-refractivity contribution is 0.0939. The van der Waals surface area contributed by atoms with Crippen molar-refractivity contribution in [2.75, 3.05) is 10.8 Å². The fourth-order valence-electron chi connectivity index (χ4n) is 2.91. The number of halogens is 1. The van der Waals surface area contributed by atoms with E-state index in [2.05, 4.69) is 21.2 Å². The Balaban J connectivity index is 1.88. The second-order valence-electron chi connectivity index (χ2n) is 6.41. The molecule has 0 saturated carbocycles. The normalized spacial score (nSPS) is 14.8. The Hall–Kier alpha value is -1.86. The zero-order valence-electron chi connectivity index (χ0n) is 14.7. The number of benzene rings is 2. The molecule has 0 aromatic heterocycles. The fourth-order valence-corrected chi connectivity index (χ4v) is 4.67. The Bertz CT molecular complexity index is 926. The lowest BCUT2D eigenvalue weighted by Crippen LogP contribution is -2.32. The molecule has 0 fully saturated rings. The van der Waals surface area contributed by atoms with Crippen LogP contribution < -0.4 is 9.62 Å². The predicted molar refractivity (Wildman–Crippen MR) is 106 cm³/mol. The summed E-state index contributed by atoms with van der Waals surface area (Å²) in [4.78, 5) is 12.6. The van der Waals surface area contributed by atoms with E-state index in [9.17, 15) is 13.2 Å². The third kappa shape index (κ3) is 3.64. The van der Waals surface area contributed by atoms with Crippen LogP contribution in [0.1, 0.15) is 36.2 Å². The molecule has 1 amide bonds. The zero-order chi connectivity index (χ0) is 18.9. The van der Waals surface area contributed by atoms with Gasteiger partial charge in [-0.3, -0.25) is 9.10 Å². The summed E-state index contributed by atoms with van der Waals surface area (Å²) in [6.45, 7) is 4.35. The number of sulfonamides is 1. The summed E-state index contributed by atoms with van der Waals surface area (Å²) in [5, 5.41) is 2.93. The number of carbonyl (C=O) groups excluding carboxylic acids is 1. The van der Waals surface area contributed by atoms with Crippen molar-refractivity contribution in [3.8, 4) is 0 Å². The maximum atomic E-state index is 12.9. The van der Waals surface area contributed by atoms with Crippen molar-refractivity contribution in [1.82, 2.24) is 5.32 Å². The Morgan fingerprint density at radius 1 is 1.23 bits per heavy atom. The molecule has 0 spiro atoms. The predicted octanol–water partition coefficient (Wildman–Crippen LogP) is 3.73. The number of hydrogen-bond acceptors (Lipinski definition) is 3. The van der Waals surface area contributed by atoms with Crippen LogP contribution in [-0.4, -0.2) is 26.9 Å². The van der Waals surface area contributed by atoms with E-state index in [0.717, 1.165) is 16.5 Å². The van der Waals surface area contributed by atoms with Gasteiger partial charge in [0, 0.05) is 22.6 Å². The van der Waals surface area contributed by atoms with Gasteiger partial charge >= 0.3 is 0 Å². The first-order valence-corrected chi connectivity index (χ1v) is 10.8. The van der Waals surface area contributed by atoms with Crippen LogP contribution in [0.2, 0.25) is 0 Å². The van der Waals surface area contributed by atoms with Gasteiger partial charge in [0.25, 0.3) is 15.9 Å². The fraction of sp³-hybridized carbons (Fsp3) is 0.316. The molecule has 1 N–H and O–H groups in total. The minimum atomic E-state index is -3.61. The number of amides is 1. The zero-order valence-corrected chi connectivity index (χ0v) is 17.1. The average Bonchev–Trinajstić information content (AvgIpc) is 3.05. The van der Waals surface area contributed by atoms with Crippen LogP contribution in [0.5, 0.6) is 0 Å². The molecular weight excluding hydrogens is 416 g/mol. The lowest BCUT2D eigenvalue weighted by Gasteiger charge is -2.20. The molecule has 3 rings (SSSR count). The average molecular weight is 437 g/mol. The maximum Gasteiger partial charge on any atom is 0.264 e. The highest BCUT2D eigenvalue weighted by atomic mass is 79.9. The van der Waals surface area contributed by atoms with Gasteiger partial charge in [-0.05, 0) is 67.8 Å². The summed E-state index contributed by atoms with van der Waals surface area (Å²) in [6.07, 6.45) is 1.45.